The molecule has 1 N–H and O–H groups in total. The van der Waals surface area contributed by atoms with Crippen LogP contribution in [-0.2, 0) is 0 Å². The third-order valence-electron chi connectivity index (χ3n) is 3.57. The van der Waals surface area contributed by atoms with Crippen LogP contribution in [-0.4, -0.2) is 31.1 Å². The van der Waals surface area contributed by atoms with Crippen molar-refractivity contribution in [3.05, 3.63) is 29.3 Å². The summed E-state index contributed by atoms with van der Waals surface area (Å²) >= 11 is 0. The molecule has 1 atom stereocenters. The first kappa shape index (κ1) is 14.7. The topological polar surface area (TPSA) is 39.1 Å². The third kappa shape index (κ3) is 3.67. The monoisotopic (exact) mass is 279 g/mol. The van der Waals surface area contributed by atoms with Crippen LogP contribution in [0.2, 0.25) is 0 Å². The molecule has 0 aliphatic carbocycles. The van der Waals surface area contributed by atoms with Crippen LogP contribution in [0.4, 0.5) is 14.5 Å². The maximum atomic E-state index is 13.7. The highest BCUT2D eigenvalue weighted by Crippen LogP contribution is 2.21. The Bertz CT molecular complexity index is 481. The highest BCUT2D eigenvalue weighted by atomic mass is 19.1. The highest BCUT2D eigenvalue weighted by molar-refractivity contribution is 5.50. The second kappa shape index (κ2) is 6.67. The minimum atomic E-state index is -0.713. The van der Waals surface area contributed by atoms with Crippen LogP contribution < -0.4 is 5.32 Å². The van der Waals surface area contributed by atoms with Crippen molar-refractivity contribution in [1.82, 2.24) is 4.90 Å². The first-order chi connectivity index (χ1) is 9.60. The Hall–Kier alpha value is -1.67. The van der Waals surface area contributed by atoms with Crippen molar-refractivity contribution in [3.63, 3.8) is 0 Å². The van der Waals surface area contributed by atoms with Crippen molar-refractivity contribution >= 4 is 5.69 Å². The summed E-state index contributed by atoms with van der Waals surface area (Å²) in [7, 11) is 0. The van der Waals surface area contributed by atoms with Gasteiger partial charge in [0.25, 0.3) is 0 Å². The van der Waals surface area contributed by atoms with Crippen molar-refractivity contribution in [2.24, 2.45) is 5.92 Å². The van der Waals surface area contributed by atoms with E-state index >= 15 is 0 Å². The van der Waals surface area contributed by atoms with Crippen molar-refractivity contribution in [2.45, 2.75) is 19.8 Å². The maximum absolute atomic E-state index is 13.7. The first-order valence-electron chi connectivity index (χ1n) is 6.95. The van der Waals surface area contributed by atoms with Crippen LogP contribution in [0.5, 0.6) is 0 Å². The van der Waals surface area contributed by atoms with Crippen LogP contribution in [0.3, 0.4) is 0 Å². The average Bonchev–Trinajstić information content (AvgIpc) is 2.90. The predicted molar refractivity (Wildman–Crippen MR) is 74.4 cm³/mol. The van der Waals surface area contributed by atoms with Gasteiger partial charge in [-0.2, -0.15) is 5.26 Å². The van der Waals surface area contributed by atoms with Crippen molar-refractivity contribution in [2.75, 3.05) is 31.5 Å². The Kier molecular flexibility index (Phi) is 4.91. The number of hydrogen-bond donors (Lipinski definition) is 1. The summed E-state index contributed by atoms with van der Waals surface area (Å²) in [6, 6.07) is 3.84. The summed E-state index contributed by atoms with van der Waals surface area (Å²) < 4.78 is 27.4. The van der Waals surface area contributed by atoms with E-state index in [0.717, 1.165) is 31.8 Å². The summed E-state index contributed by atoms with van der Waals surface area (Å²) in [5.41, 5.74) is -0.145. The van der Waals surface area contributed by atoms with E-state index in [-0.39, 0.29) is 11.3 Å². The van der Waals surface area contributed by atoms with Gasteiger partial charge < -0.3 is 10.2 Å². The third-order valence-corrected chi connectivity index (χ3v) is 3.57. The van der Waals surface area contributed by atoms with E-state index in [9.17, 15) is 8.78 Å². The summed E-state index contributed by atoms with van der Waals surface area (Å²) in [5, 5.41) is 11.5. The molecule has 0 spiro atoms. The smallest absolute Gasteiger partial charge is 0.150 e. The molecule has 1 aliphatic rings. The normalized spacial score (nSPS) is 16.9. The lowest BCUT2D eigenvalue weighted by Gasteiger charge is -2.21. The number of likely N-dealkylation sites (tertiary alicyclic amines) is 1. The zero-order valence-corrected chi connectivity index (χ0v) is 11.6. The summed E-state index contributed by atoms with van der Waals surface area (Å²) in [6.07, 6.45) is 2.47. The fraction of sp³-hybridized carbons (Fsp3) is 0.533. The van der Waals surface area contributed by atoms with Crippen LogP contribution in [0.15, 0.2) is 12.1 Å². The molecule has 1 saturated heterocycles. The lowest BCUT2D eigenvalue weighted by Crippen LogP contribution is -2.29. The predicted octanol–water partition coefficient (Wildman–Crippen LogP) is 2.98. The Labute approximate surface area is 118 Å². The summed E-state index contributed by atoms with van der Waals surface area (Å²) in [4.78, 5) is 2.37. The maximum Gasteiger partial charge on any atom is 0.150 e. The Morgan fingerprint density at radius 1 is 1.30 bits per heavy atom. The standard InChI is InChI=1S/C15H19F2N3/c1-11(10-20-4-2-3-5-20)9-19-15-13(16)6-12(8-18)7-14(15)17/h6-7,11,19H,2-5,9-10H2,1H3. The number of hydrogen-bond acceptors (Lipinski definition) is 3. The zero-order valence-electron chi connectivity index (χ0n) is 11.6. The van der Waals surface area contributed by atoms with Crippen LogP contribution in [0, 0.1) is 28.9 Å². The van der Waals surface area contributed by atoms with Gasteiger partial charge in [-0.1, -0.05) is 6.92 Å². The van der Waals surface area contributed by atoms with E-state index in [1.54, 1.807) is 6.07 Å². The van der Waals surface area contributed by atoms with Crippen molar-refractivity contribution in [1.29, 1.82) is 5.26 Å². The quantitative estimate of drug-likeness (QED) is 0.900. The number of benzene rings is 1. The van der Waals surface area contributed by atoms with Crippen LogP contribution in [0.25, 0.3) is 0 Å². The van der Waals surface area contributed by atoms with Crippen LogP contribution >= 0.6 is 0 Å². The van der Waals surface area contributed by atoms with Gasteiger partial charge in [0.2, 0.25) is 0 Å². The Balaban J connectivity index is 1.91. The number of nitrogens with one attached hydrogen (secondary N) is 1. The molecule has 1 fully saturated rings. The number of rotatable bonds is 5. The molecule has 0 amide bonds. The van der Waals surface area contributed by atoms with Crippen LogP contribution in [0.1, 0.15) is 25.3 Å². The number of halogens is 2. The molecule has 0 radical (unpaired) electrons. The molecule has 108 valence electrons. The van der Waals surface area contributed by atoms with E-state index in [1.165, 1.54) is 12.8 Å². The molecular weight excluding hydrogens is 260 g/mol. The molecule has 1 aliphatic heterocycles. The lowest BCUT2D eigenvalue weighted by atomic mass is 10.1. The number of anilines is 1. The minimum absolute atomic E-state index is 0.00401. The van der Waals surface area contributed by atoms with Crippen molar-refractivity contribution in [3.8, 4) is 6.07 Å². The largest absolute Gasteiger partial charge is 0.380 e. The van der Waals surface area contributed by atoms with Gasteiger partial charge in [-0.15, -0.1) is 0 Å². The SMILES string of the molecule is CC(CNc1c(F)cc(C#N)cc1F)CN1CCCC1. The fourth-order valence-electron chi connectivity index (χ4n) is 2.55. The average molecular weight is 279 g/mol. The van der Waals surface area contributed by atoms with Gasteiger partial charge in [0, 0.05) is 13.1 Å². The molecule has 0 saturated carbocycles. The van der Waals surface area contributed by atoms with Gasteiger partial charge in [0.1, 0.15) is 5.69 Å². The molecule has 5 heteroatoms. The summed E-state index contributed by atoms with van der Waals surface area (Å²) in [6.45, 7) is 5.74. The molecular formula is C15H19F2N3. The molecule has 20 heavy (non-hydrogen) atoms. The first-order valence-corrected chi connectivity index (χ1v) is 6.95. The van der Waals surface area contributed by atoms with E-state index < -0.39 is 11.6 Å². The lowest BCUT2D eigenvalue weighted by molar-refractivity contribution is 0.294. The molecule has 1 heterocycles. The number of nitriles is 1. The van der Waals surface area contributed by atoms with Gasteiger partial charge in [-0.05, 0) is 44.0 Å². The fourth-order valence-corrected chi connectivity index (χ4v) is 2.55. The van der Waals surface area contributed by atoms with Gasteiger partial charge in [0.05, 0.1) is 11.6 Å². The minimum Gasteiger partial charge on any atom is -0.380 e. The van der Waals surface area contributed by atoms with Gasteiger partial charge in [-0.25, -0.2) is 8.78 Å². The Morgan fingerprint density at radius 2 is 1.90 bits per heavy atom. The summed E-state index contributed by atoms with van der Waals surface area (Å²) in [5.74, 6) is -1.12. The second-order valence-corrected chi connectivity index (χ2v) is 5.42. The highest BCUT2D eigenvalue weighted by Gasteiger charge is 2.16. The van der Waals surface area contributed by atoms with E-state index in [2.05, 4.69) is 17.1 Å². The van der Waals surface area contributed by atoms with E-state index in [1.807, 2.05) is 0 Å². The van der Waals surface area contributed by atoms with Gasteiger partial charge in [-0.3, -0.25) is 0 Å². The number of nitrogens with zero attached hydrogens (tertiary/aromatic N) is 2. The van der Waals surface area contributed by atoms with Gasteiger partial charge in [0.15, 0.2) is 11.6 Å². The Morgan fingerprint density at radius 3 is 2.45 bits per heavy atom. The molecule has 1 aromatic carbocycles. The van der Waals surface area contributed by atoms with Crippen molar-refractivity contribution < 1.29 is 8.78 Å². The zero-order chi connectivity index (χ0) is 14.5. The molecule has 1 unspecified atom stereocenters. The van der Waals surface area contributed by atoms with E-state index in [0.29, 0.717) is 12.5 Å². The molecule has 1 aromatic rings. The molecule has 0 bridgehead atoms. The second-order valence-electron chi connectivity index (χ2n) is 5.42. The molecule has 2 rings (SSSR count). The molecule has 0 aromatic heterocycles. The molecule has 3 nitrogen and oxygen atoms in total. The van der Waals surface area contributed by atoms with Gasteiger partial charge >= 0.3 is 0 Å². The van der Waals surface area contributed by atoms with E-state index in [4.69, 9.17) is 5.26 Å².